The maximum atomic E-state index is 3.86. The third kappa shape index (κ3) is 3.43. The first-order chi connectivity index (χ1) is 6.33. The molecule has 1 aliphatic heterocycles. The Morgan fingerprint density at radius 3 is 2.38 bits per heavy atom. The zero-order chi connectivity index (χ0) is 9.57. The highest BCUT2D eigenvalue weighted by atomic mass is 32.2. The molecule has 0 aromatic heterocycles. The highest BCUT2D eigenvalue weighted by Gasteiger charge is 2.31. The van der Waals surface area contributed by atoms with Gasteiger partial charge >= 0.3 is 0 Å². The third-order valence-corrected chi connectivity index (χ3v) is 5.69. The first-order valence-corrected chi connectivity index (χ1v) is 6.80. The van der Waals surface area contributed by atoms with E-state index >= 15 is 0 Å². The lowest BCUT2D eigenvalue weighted by molar-refractivity contribution is 0.726. The van der Waals surface area contributed by atoms with Crippen LogP contribution >= 0.6 is 23.5 Å². The topological polar surface area (TPSA) is 0 Å². The maximum Gasteiger partial charge on any atom is 0.0648 e. The van der Waals surface area contributed by atoms with Gasteiger partial charge in [-0.3, -0.25) is 0 Å². The van der Waals surface area contributed by atoms with Crippen molar-refractivity contribution in [3.8, 4) is 0 Å². The second kappa shape index (κ2) is 5.82. The lowest BCUT2D eigenvalue weighted by Gasteiger charge is -2.35. The van der Waals surface area contributed by atoms with E-state index in [4.69, 9.17) is 0 Å². The molecule has 0 aromatic rings. The average Bonchev–Trinajstić information content (AvgIpc) is 2.17. The molecule has 1 fully saturated rings. The van der Waals surface area contributed by atoms with Gasteiger partial charge in [-0.15, -0.1) is 36.7 Å². The number of hydrogen-bond donors (Lipinski definition) is 0. The Hall–Kier alpha value is 0.180. The summed E-state index contributed by atoms with van der Waals surface area (Å²) < 4.78 is 0.425. The molecule has 2 heteroatoms. The normalized spacial score (nSPS) is 20.9. The first kappa shape index (κ1) is 11.3. The van der Waals surface area contributed by atoms with Crippen molar-refractivity contribution in [3.63, 3.8) is 0 Å². The third-order valence-electron chi connectivity index (χ3n) is 2.20. The summed E-state index contributed by atoms with van der Waals surface area (Å²) in [6, 6.07) is 0. The number of rotatable bonds is 5. The first-order valence-electron chi connectivity index (χ1n) is 4.83. The van der Waals surface area contributed by atoms with Gasteiger partial charge in [-0.2, -0.15) is 0 Å². The summed E-state index contributed by atoms with van der Waals surface area (Å²) in [5, 5.41) is 0. The molecule has 1 rings (SSSR count). The molecule has 1 saturated heterocycles. The van der Waals surface area contributed by atoms with Crippen molar-refractivity contribution in [1.29, 1.82) is 0 Å². The van der Waals surface area contributed by atoms with Crippen LogP contribution in [0.4, 0.5) is 0 Å². The van der Waals surface area contributed by atoms with E-state index in [1.807, 2.05) is 6.08 Å². The largest absolute Gasteiger partial charge is 0.144 e. The lowest BCUT2D eigenvalue weighted by Crippen LogP contribution is -2.24. The van der Waals surface area contributed by atoms with E-state index in [-0.39, 0.29) is 0 Å². The molecule has 0 aromatic carbocycles. The van der Waals surface area contributed by atoms with E-state index in [1.54, 1.807) is 0 Å². The Bertz CT molecular complexity index is 169. The highest BCUT2D eigenvalue weighted by molar-refractivity contribution is 8.18. The molecule has 0 spiro atoms. The number of allylic oxidation sites excluding steroid dienone is 2. The predicted molar refractivity (Wildman–Crippen MR) is 66.5 cm³/mol. The Balaban J connectivity index is 2.49. The standard InChI is InChI=1S/C11H18S2/c1-3-5-8-11(7-4-2)12-9-6-10-13-11/h3-4H,1-2,5-10H2. The Morgan fingerprint density at radius 2 is 1.85 bits per heavy atom. The molecule has 74 valence electrons. The Morgan fingerprint density at radius 1 is 1.15 bits per heavy atom. The van der Waals surface area contributed by atoms with Gasteiger partial charge in [0.1, 0.15) is 0 Å². The van der Waals surface area contributed by atoms with Crippen LogP contribution in [0.15, 0.2) is 25.3 Å². The summed E-state index contributed by atoms with van der Waals surface area (Å²) in [5.41, 5.74) is 0. The van der Waals surface area contributed by atoms with E-state index < -0.39 is 0 Å². The molecular formula is C11H18S2. The summed E-state index contributed by atoms with van der Waals surface area (Å²) in [6.45, 7) is 7.65. The van der Waals surface area contributed by atoms with Crippen LogP contribution in [0.5, 0.6) is 0 Å². The van der Waals surface area contributed by atoms with Crippen LogP contribution in [0.3, 0.4) is 0 Å². The Labute approximate surface area is 90.2 Å². The maximum absolute atomic E-state index is 3.86. The van der Waals surface area contributed by atoms with Crippen LogP contribution in [0.1, 0.15) is 25.7 Å². The molecule has 0 amide bonds. The van der Waals surface area contributed by atoms with Crippen molar-refractivity contribution in [3.05, 3.63) is 25.3 Å². The molecule has 1 aliphatic rings. The van der Waals surface area contributed by atoms with E-state index in [2.05, 4.69) is 42.8 Å². The van der Waals surface area contributed by atoms with E-state index in [1.165, 1.54) is 24.3 Å². The smallest absolute Gasteiger partial charge is 0.0648 e. The number of thioether (sulfide) groups is 2. The summed E-state index contributed by atoms with van der Waals surface area (Å²) >= 11 is 4.24. The second-order valence-corrected chi connectivity index (χ2v) is 6.50. The van der Waals surface area contributed by atoms with Crippen molar-refractivity contribution in [1.82, 2.24) is 0 Å². The summed E-state index contributed by atoms with van der Waals surface area (Å²) in [4.78, 5) is 0. The molecule has 0 saturated carbocycles. The molecule has 0 aliphatic carbocycles. The van der Waals surface area contributed by atoms with Crippen molar-refractivity contribution in [2.24, 2.45) is 0 Å². The Kier molecular flexibility index (Phi) is 5.04. The second-order valence-electron chi connectivity index (χ2n) is 3.28. The quantitative estimate of drug-likeness (QED) is 0.632. The van der Waals surface area contributed by atoms with E-state index in [9.17, 15) is 0 Å². The molecule has 0 radical (unpaired) electrons. The zero-order valence-electron chi connectivity index (χ0n) is 8.13. The molecule has 0 bridgehead atoms. The molecule has 0 nitrogen and oxygen atoms in total. The van der Waals surface area contributed by atoms with Crippen LogP contribution < -0.4 is 0 Å². The van der Waals surface area contributed by atoms with Crippen LogP contribution in [0.25, 0.3) is 0 Å². The van der Waals surface area contributed by atoms with Crippen LogP contribution in [0.2, 0.25) is 0 Å². The van der Waals surface area contributed by atoms with Gasteiger partial charge in [0.25, 0.3) is 0 Å². The van der Waals surface area contributed by atoms with Crippen LogP contribution in [-0.4, -0.2) is 15.6 Å². The van der Waals surface area contributed by atoms with Gasteiger partial charge in [0.15, 0.2) is 0 Å². The average molecular weight is 214 g/mol. The zero-order valence-corrected chi connectivity index (χ0v) is 9.76. The number of hydrogen-bond acceptors (Lipinski definition) is 2. The minimum atomic E-state index is 0.425. The monoisotopic (exact) mass is 214 g/mol. The van der Waals surface area contributed by atoms with Gasteiger partial charge < -0.3 is 0 Å². The van der Waals surface area contributed by atoms with Crippen molar-refractivity contribution in [2.75, 3.05) is 11.5 Å². The fraction of sp³-hybridized carbons (Fsp3) is 0.636. The molecule has 1 heterocycles. The van der Waals surface area contributed by atoms with Crippen molar-refractivity contribution < 1.29 is 0 Å². The van der Waals surface area contributed by atoms with Crippen molar-refractivity contribution in [2.45, 2.75) is 29.8 Å². The van der Waals surface area contributed by atoms with E-state index in [0.717, 1.165) is 12.8 Å². The van der Waals surface area contributed by atoms with Gasteiger partial charge in [-0.05, 0) is 37.2 Å². The molecule has 0 atom stereocenters. The van der Waals surface area contributed by atoms with Gasteiger partial charge in [0.05, 0.1) is 4.08 Å². The fourth-order valence-corrected chi connectivity index (χ4v) is 4.86. The lowest BCUT2D eigenvalue weighted by atomic mass is 10.2. The minimum absolute atomic E-state index is 0.425. The molecule has 13 heavy (non-hydrogen) atoms. The summed E-state index contributed by atoms with van der Waals surface area (Å²) in [6.07, 6.45) is 8.97. The van der Waals surface area contributed by atoms with Gasteiger partial charge in [-0.1, -0.05) is 12.2 Å². The summed E-state index contributed by atoms with van der Waals surface area (Å²) in [7, 11) is 0. The molecular weight excluding hydrogens is 196 g/mol. The minimum Gasteiger partial charge on any atom is -0.144 e. The van der Waals surface area contributed by atoms with Crippen molar-refractivity contribution >= 4 is 23.5 Å². The van der Waals surface area contributed by atoms with E-state index in [0.29, 0.717) is 4.08 Å². The van der Waals surface area contributed by atoms with Crippen LogP contribution in [-0.2, 0) is 0 Å². The molecule has 0 unspecified atom stereocenters. The van der Waals surface area contributed by atoms with Gasteiger partial charge in [-0.25, -0.2) is 0 Å². The summed E-state index contributed by atoms with van der Waals surface area (Å²) in [5.74, 6) is 2.63. The fourth-order valence-electron chi connectivity index (χ4n) is 1.52. The SMILES string of the molecule is C=CCCC1(CC=C)SCCCS1. The molecule has 0 N–H and O–H groups in total. The van der Waals surface area contributed by atoms with Gasteiger partial charge in [0.2, 0.25) is 0 Å². The predicted octanol–water partition coefficient (Wildman–Crippen LogP) is 4.10. The highest BCUT2D eigenvalue weighted by Crippen LogP contribution is 2.48. The van der Waals surface area contributed by atoms with Crippen LogP contribution in [0, 0.1) is 0 Å². The van der Waals surface area contributed by atoms with Gasteiger partial charge in [0, 0.05) is 0 Å².